The SMILES string of the molecule is CCCS(=O)(=O)NC(C)C(=O)N[C@@H](CO)C(=O)O. The summed E-state index contributed by atoms with van der Waals surface area (Å²) in [4.78, 5) is 22.0. The molecule has 0 aliphatic rings. The first-order chi connectivity index (χ1) is 8.23. The van der Waals surface area contributed by atoms with Gasteiger partial charge in [-0.25, -0.2) is 17.9 Å². The molecule has 18 heavy (non-hydrogen) atoms. The second-order valence-corrected chi connectivity index (χ2v) is 5.61. The van der Waals surface area contributed by atoms with Crippen molar-refractivity contribution in [3.63, 3.8) is 0 Å². The molecule has 0 radical (unpaired) electrons. The van der Waals surface area contributed by atoms with Crippen molar-refractivity contribution in [2.75, 3.05) is 12.4 Å². The van der Waals surface area contributed by atoms with Gasteiger partial charge in [-0.1, -0.05) is 6.92 Å². The Morgan fingerprint density at radius 1 is 1.33 bits per heavy atom. The van der Waals surface area contributed by atoms with E-state index in [0.29, 0.717) is 6.42 Å². The zero-order valence-electron chi connectivity index (χ0n) is 10.2. The fourth-order valence-corrected chi connectivity index (χ4v) is 2.43. The standard InChI is InChI=1S/C9H18N2O6S/c1-3-4-18(16,17)11-6(2)8(13)10-7(5-12)9(14)15/h6-7,11-12H,3-5H2,1-2H3,(H,10,13)(H,14,15)/t6?,7-/m0/s1. The zero-order chi connectivity index (χ0) is 14.3. The average molecular weight is 282 g/mol. The molecule has 2 atom stereocenters. The number of carbonyl (C=O) groups is 2. The molecule has 0 saturated heterocycles. The highest BCUT2D eigenvalue weighted by molar-refractivity contribution is 7.89. The van der Waals surface area contributed by atoms with Gasteiger partial charge in [0, 0.05) is 0 Å². The lowest BCUT2D eigenvalue weighted by Gasteiger charge is -2.17. The quantitative estimate of drug-likeness (QED) is 0.418. The molecule has 9 heteroatoms. The van der Waals surface area contributed by atoms with E-state index in [0.717, 1.165) is 0 Å². The number of sulfonamides is 1. The number of hydrogen-bond acceptors (Lipinski definition) is 5. The van der Waals surface area contributed by atoms with Crippen LogP contribution in [0.4, 0.5) is 0 Å². The molecule has 0 heterocycles. The second-order valence-electron chi connectivity index (χ2n) is 3.74. The molecule has 1 amide bonds. The third-order valence-corrected chi connectivity index (χ3v) is 3.68. The monoisotopic (exact) mass is 282 g/mol. The third kappa shape index (κ3) is 5.94. The summed E-state index contributed by atoms with van der Waals surface area (Å²) in [5.41, 5.74) is 0. The molecule has 0 aliphatic carbocycles. The van der Waals surface area contributed by atoms with Crippen molar-refractivity contribution in [2.24, 2.45) is 0 Å². The maximum atomic E-state index is 11.5. The van der Waals surface area contributed by atoms with Crippen LogP contribution in [-0.2, 0) is 19.6 Å². The van der Waals surface area contributed by atoms with Gasteiger partial charge in [-0.15, -0.1) is 0 Å². The van der Waals surface area contributed by atoms with Gasteiger partial charge in [0.1, 0.15) is 6.04 Å². The van der Waals surface area contributed by atoms with Crippen molar-refractivity contribution in [1.82, 2.24) is 10.0 Å². The van der Waals surface area contributed by atoms with E-state index < -0.39 is 40.6 Å². The van der Waals surface area contributed by atoms with E-state index in [1.807, 2.05) is 5.32 Å². The molecule has 0 fully saturated rings. The van der Waals surface area contributed by atoms with Crippen molar-refractivity contribution in [1.29, 1.82) is 0 Å². The highest BCUT2D eigenvalue weighted by Gasteiger charge is 2.24. The molecule has 0 aromatic heterocycles. The van der Waals surface area contributed by atoms with Crippen LogP contribution in [0.2, 0.25) is 0 Å². The van der Waals surface area contributed by atoms with E-state index in [-0.39, 0.29) is 5.75 Å². The Bertz CT molecular complexity index is 394. The van der Waals surface area contributed by atoms with E-state index in [2.05, 4.69) is 4.72 Å². The van der Waals surface area contributed by atoms with Crippen LogP contribution in [0.15, 0.2) is 0 Å². The lowest BCUT2D eigenvalue weighted by atomic mass is 10.2. The fraction of sp³-hybridized carbons (Fsp3) is 0.778. The topological polar surface area (TPSA) is 133 Å². The number of rotatable bonds is 8. The molecule has 0 spiro atoms. The number of hydrogen-bond donors (Lipinski definition) is 4. The Kier molecular flexibility index (Phi) is 6.81. The summed E-state index contributed by atoms with van der Waals surface area (Å²) in [7, 11) is -3.56. The number of aliphatic carboxylic acids is 1. The smallest absolute Gasteiger partial charge is 0.328 e. The predicted molar refractivity (Wildman–Crippen MR) is 63.3 cm³/mol. The van der Waals surface area contributed by atoms with Crippen LogP contribution in [0, 0.1) is 0 Å². The van der Waals surface area contributed by atoms with E-state index in [1.54, 1.807) is 6.92 Å². The summed E-state index contributed by atoms with van der Waals surface area (Å²) in [5, 5.41) is 19.3. The van der Waals surface area contributed by atoms with Gasteiger partial charge in [-0.05, 0) is 13.3 Å². The van der Waals surface area contributed by atoms with Gasteiger partial charge < -0.3 is 15.5 Å². The van der Waals surface area contributed by atoms with E-state index in [1.165, 1.54) is 6.92 Å². The fourth-order valence-electron chi connectivity index (χ4n) is 1.13. The minimum absolute atomic E-state index is 0.118. The highest BCUT2D eigenvalue weighted by atomic mass is 32.2. The summed E-state index contributed by atoms with van der Waals surface area (Å²) in [6.45, 7) is 2.20. The van der Waals surface area contributed by atoms with E-state index in [9.17, 15) is 18.0 Å². The molecule has 106 valence electrons. The van der Waals surface area contributed by atoms with Crippen LogP contribution in [0.1, 0.15) is 20.3 Å². The Hall–Kier alpha value is -1.19. The average Bonchev–Trinajstić information content (AvgIpc) is 2.23. The van der Waals surface area contributed by atoms with Gasteiger partial charge in [0.2, 0.25) is 15.9 Å². The number of aliphatic hydroxyl groups is 1. The van der Waals surface area contributed by atoms with Gasteiger partial charge in [0.05, 0.1) is 18.4 Å². The molecule has 1 unspecified atom stereocenters. The van der Waals surface area contributed by atoms with Gasteiger partial charge in [-0.2, -0.15) is 0 Å². The van der Waals surface area contributed by atoms with Crippen molar-refractivity contribution in [2.45, 2.75) is 32.4 Å². The minimum atomic E-state index is -3.56. The van der Waals surface area contributed by atoms with E-state index >= 15 is 0 Å². The second kappa shape index (κ2) is 7.29. The summed E-state index contributed by atoms with van der Waals surface area (Å²) < 4.78 is 24.9. The Morgan fingerprint density at radius 2 is 1.89 bits per heavy atom. The van der Waals surface area contributed by atoms with Crippen LogP contribution < -0.4 is 10.0 Å². The number of carbonyl (C=O) groups excluding carboxylic acids is 1. The first kappa shape index (κ1) is 16.8. The Labute approximate surface area is 105 Å². The van der Waals surface area contributed by atoms with Crippen molar-refractivity contribution in [3.8, 4) is 0 Å². The molecule has 0 aromatic rings. The van der Waals surface area contributed by atoms with E-state index in [4.69, 9.17) is 10.2 Å². The predicted octanol–water partition coefficient (Wildman–Crippen LogP) is -1.73. The molecule has 4 N–H and O–H groups in total. The van der Waals surface area contributed by atoms with Crippen LogP contribution in [0.25, 0.3) is 0 Å². The summed E-state index contributed by atoms with van der Waals surface area (Å²) in [5.74, 6) is -2.32. The molecular formula is C9H18N2O6S. The number of nitrogens with one attached hydrogen (secondary N) is 2. The third-order valence-electron chi connectivity index (χ3n) is 2.02. The maximum absolute atomic E-state index is 11.5. The van der Waals surface area contributed by atoms with Crippen molar-refractivity contribution >= 4 is 21.9 Å². The van der Waals surface area contributed by atoms with Crippen LogP contribution in [0.5, 0.6) is 0 Å². The van der Waals surface area contributed by atoms with Crippen LogP contribution >= 0.6 is 0 Å². The van der Waals surface area contributed by atoms with Gasteiger partial charge in [0.25, 0.3) is 0 Å². The lowest BCUT2D eigenvalue weighted by molar-refractivity contribution is -0.143. The number of aliphatic hydroxyl groups excluding tert-OH is 1. The van der Waals surface area contributed by atoms with Gasteiger partial charge >= 0.3 is 5.97 Å². The molecule has 0 aromatic carbocycles. The normalized spacial score (nSPS) is 14.8. The van der Waals surface area contributed by atoms with Gasteiger partial charge in [0.15, 0.2) is 0 Å². The molecular weight excluding hydrogens is 264 g/mol. The number of carboxylic acids is 1. The molecule has 0 saturated carbocycles. The summed E-state index contributed by atoms with van der Waals surface area (Å²) in [6.07, 6.45) is 0.401. The summed E-state index contributed by atoms with van der Waals surface area (Å²) >= 11 is 0. The first-order valence-corrected chi connectivity index (χ1v) is 7.02. The summed E-state index contributed by atoms with van der Waals surface area (Å²) in [6, 6.07) is -2.55. The first-order valence-electron chi connectivity index (χ1n) is 5.37. The zero-order valence-corrected chi connectivity index (χ0v) is 11.0. The number of amides is 1. The van der Waals surface area contributed by atoms with Gasteiger partial charge in [-0.3, -0.25) is 4.79 Å². The highest BCUT2D eigenvalue weighted by Crippen LogP contribution is 1.94. The Balaban J connectivity index is 4.48. The van der Waals surface area contributed by atoms with Crippen molar-refractivity contribution < 1.29 is 28.2 Å². The molecule has 8 nitrogen and oxygen atoms in total. The molecule has 0 aliphatic heterocycles. The van der Waals surface area contributed by atoms with Crippen LogP contribution in [-0.4, -0.2) is 55.0 Å². The van der Waals surface area contributed by atoms with Crippen molar-refractivity contribution in [3.05, 3.63) is 0 Å². The largest absolute Gasteiger partial charge is 0.480 e. The molecule has 0 rings (SSSR count). The molecule has 0 bridgehead atoms. The lowest BCUT2D eigenvalue weighted by Crippen LogP contribution is -2.51. The maximum Gasteiger partial charge on any atom is 0.328 e. The Morgan fingerprint density at radius 3 is 2.28 bits per heavy atom. The van der Waals surface area contributed by atoms with Crippen LogP contribution in [0.3, 0.4) is 0 Å². The minimum Gasteiger partial charge on any atom is -0.480 e. The number of carboxylic acid groups (broad SMARTS) is 1.